The zero-order chi connectivity index (χ0) is 13.2. The van der Waals surface area contributed by atoms with E-state index in [0.29, 0.717) is 12.5 Å². The van der Waals surface area contributed by atoms with E-state index in [4.69, 9.17) is 4.74 Å². The highest BCUT2D eigenvalue weighted by Gasteiger charge is 2.20. The number of guanidine groups is 1. The summed E-state index contributed by atoms with van der Waals surface area (Å²) in [6.07, 6.45) is 1.27. The minimum Gasteiger partial charge on any atom is -0.383 e. The summed E-state index contributed by atoms with van der Waals surface area (Å²) in [5.41, 5.74) is 0. The van der Waals surface area contributed by atoms with E-state index >= 15 is 0 Å². The van der Waals surface area contributed by atoms with E-state index in [1.165, 1.54) is 19.5 Å². The second kappa shape index (κ2) is 9.16. The summed E-state index contributed by atoms with van der Waals surface area (Å²) < 4.78 is 5.02. The smallest absolute Gasteiger partial charge is 0.191 e. The summed E-state index contributed by atoms with van der Waals surface area (Å²) >= 11 is 0. The molecule has 0 aromatic rings. The maximum Gasteiger partial charge on any atom is 0.191 e. The molecule has 5 nitrogen and oxygen atoms in total. The van der Waals surface area contributed by atoms with E-state index in [-0.39, 0.29) is 0 Å². The van der Waals surface area contributed by atoms with Gasteiger partial charge in [0.25, 0.3) is 0 Å². The van der Waals surface area contributed by atoms with Crippen LogP contribution in [-0.2, 0) is 4.74 Å². The lowest BCUT2D eigenvalue weighted by Gasteiger charge is -2.13. The molecule has 0 aromatic carbocycles. The van der Waals surface area contributed by atoms with Crippen molar-refractivity contribution in [3.8, 4) is 0 Å². The average molecular weight is 256 g/mol. The third-order valence-corrected chi connectivity index (χ3v) is 3.27. The number of methoxy groups -OCH3 is 1. The minimum atomic E-state index is 0.706. The molecule has 0 spiro atoms. The standard InChI is InChI=1S/C13H28N4O/c1-4-14-13(15-7-9-18-3)16-10-12-6-8-17(5-2)11-12/h12H,4-11H2,1-3H3,(H2,14,15,16). The summed E-state index contributed by atoms with van der Waals surface area (Å²) in [6, 6.07) is 0. The van der Waals surface area contributed by atoms with E-state index in [0.717, 1.165) is 32.1 Å². The van der Waals surface area contributed by atoms with E-state index in [1.807, 2.05) is 0 Å². The second-order valence-electron chi connectivity index (χ2n) is 4.69. The zero-order valence-corrected chi connectivity index (χ0v) is 12.0. The Hall–Kier alpha value is -0.810. The van der Waals surface area contributed by atoms with Crippen LogP contribution in [0.15, 0.2) is 4.99 Å². The molecule has 1 heterocycles. The molecule has 0 bridgehead atoms. The first-order chi connectivity index (χ1) is 8.80. The van der Waals surface area contributed by atoms with Crippen LogP contribution in [0, 0.1) is 5.92 Å². The fourth-order valence-corrected chi connectivity index (χ4v) is 2.18. The number of likely N-dealkylation sites (tertiary alicyclic amines) is 1. The Balaban J connectivity index is 2.30. The number of nitrogens with one attached hydrogen (secondary N) is 2. The molecule has 1 aliphatic heterocycles. The Labute approximate surface area is 111 Å². The van der Waals surface area contributed by atoms with Gasteiger partial charge in [0.1, 0.15) is 0 Å². The van der Waals surface area contributed by atoms with Crippen molar-refractivity contribution in [2.45, 2.75) is 20.3 Å². The first-order valence-electron chi connectivity index (χ1n) is 7.03. The van der Waals surface area contributed by atoms with E-state index in [1.54, 1.807) is 7.11 Å². The van der Waals surface area contributed by atoms with Gasteiger partial charge < -0.3 is 20.3 Å². The van der Waals surface area contributed by atoms with Crippen molar-refractivity contribution >= 4 is 5.96 Å². The molecule has 0 aliphatic carbocycles. The molecule has 5 heteroatoms. The number of nitrogens with zero attached hydrogens (tertiary/aromatic N) is 2. The van der Waals surface area contributed by atoms with Crippen LogP contribution in [0.2, 0.25) is 0 Å². The van der Waals surface area contributed by atoms with Crippen molar-refractivity contribution in [2.24, 2.45) is 10.9 Å². The molecular formula is C13H28N4O. The van der Waals surface area contributed by atoms with Crippen molar-refractivity contribution in [1.29, 1.82) is 0 Å². The largest absolute Gasteiger partial charge is 0.383 e. The summed E-state index contributed by atoms with van der Waals surface area (Å²) in [6.45, 7) is 11.2. The molecule has 1 rings (SSSR count). The molecule has 0 aromatic heterocycles. The van der Waals surface area contributed by atoms with Gasteiger partial charge in [0, 0.05) is 33.3 Å². The molecule has 1 saturated heterocycles. The highest BCUT2D eigenvalue weighted by molar-refractivity contribution is 5.79. The molecule has 0 amide bonds. The lowest BCUT2D eigenvalue weighted by Crippen LogP contribution is -2.39. The second-order valence-corrected chi connectivity index (χ2v) is 4.69. The fraction of sp³-hybridized carbons (Fsp3) is 0.923. The van der Waals surface area contributed by atoms with Gasteiger partial charge in [-0.25, -0.2) is 0 Å². The van der Waals surface area contributed by atoms with Gasteiger partial charge in [-0.2, -0.15) is 0 Å². The lowest BCUT2D eigenvalue weighted by atomic mass is 10.1. The van der Waals surface area contributed by atoms with E-state index in [9.17, 15) is 0 Å². The Kier molecular flexibility index (Phi) is 7.76. The monoisotopic (exact) mass is 256 g/mol. The van der Waals surface area contributed by atoms with Gasteiger partial charge in [0.2, 0.25) is 0 Å². The summed E-state index contributed by atoms with van der Waals surface area (Å²) in [4.78, 5) is 7.14. The lowest BCUT2D eigenvalue weighted by molar-refractivity contribution is 0.203. The van der Waals surface area contributed by atoms with Gasteiger partial charge in [0.05, 0.1) is 6.61 Å². The van der Waals surface area contributed by atoms with E-state index < -0.39 is 0 Å². The minimum absolute atomic E-state index is 0.706. The fourth-order valence-electron chi connectivity index (χ4n) is 2.18. The SMILES string of the molecule is CCNC(=NCC1CCN(CC)C1)NCCOC. The molecule has 0 radical (unpaired) electrons. The number of rotatable bonds is 7. The summed E-state index contributed by atoms with van der Waals surface area (Å²) in [5.74, 6) is 1.62. The molecule has 106 valence electrons. The number of hydrogen-bond acceptors (Lipinski definition) is 3. The van der Waals surface area contributed by atoms with Crippen LogP contribution in [0.3, 0.4) is 0 Å². The Bertz CT molecular complexity index is 245. The van der Waals surface area contributed by atoms with Crippen molar-refractivity contribution in [1.82, 2.24) is 15.5 Å². The highest BCUT2D eigenvalue weighted by Crippen LogP contribution is 2.15. The van der Waals surface area contributed by atoms with Crippen molar-refractivity contribution < 1.29 is 4.74 Å². The summed E-state index contributed by atoms with van der Waals surface area (Å²) in [5, 5.41) is 6.53. The van der Waals surface area contributed by atoms with Crippen LogP contribution >= 0.6 is 0 Å². The first-order valence-corrected chi connectivity index (χ1v) is 7.03. The van der Waals surface area contributed by atoms with Gasteiger partial charge in [-0.3, -0.25) is 4.99 Å². The molecule has 0 saturated carbocycles. The van der Waals surface area contributed by atoms with Gasteiger partial charge in [-0.15, -0.1) is 0 Å². The molecular weight excluding hydrogens is 228 g/mol. The summed E-state index contributed by atoms with van der Waals surface area (Å²) in [7, 11) is 1.71. The van der Waals surface area contributed by atoms with Crippen LogP contribution in [0.5, 0.6) is 0 Å². The quantitative estimate of drug-likeness (QED) is 0.396. The predicted molar refractivity (Wildman–Crippen MR) is 76.1 cm³/mol. The van der Waals surface area contributed by atoms with Crippen molar-refractivity contribution in [3.05, 3.63) is 0 Å². The zero-order valence-electron chi connectivity index (χ0n) is 12.0. The first kappa shape index (κ1) is 15.2. The van der Waals surface area contributed by atoms with Gasteiger partial charge in [-0.1, -0.05) is 6.92 Å². The number of aliphatic imine (C=N–C) groups is 1. The normalized spacial score (nSPS) is 21.3. The number of hydrogen-bond donors (Lipinski definition) is 2. The maximum absolute atomic E-state index is 5.02. The third kappa shape index (κ3) is 5.69. The number of ether oxygens (including phenoxy) is 1. The Morgan fingerprint density at radius 2 is 2.22 bits per heavy atom. The van der Waals surface area contributed by atoms with Crippen LogP contribution in [0.1, 0.15) is 20.3 Å². The van der Waals surface area contributed by atoms with Gasteiger partial charge in [0.15, 0.2) is 5.96 Å². The van der Waals surface area contributed by atoms with Gasteiger partial charge in [-0.05, 0) is 32.4 Å². The topological polar surface area (TPSA) is 48.9 Å². The molecule has 2 N–H and O–H groups in total. The predicted octanol–water partition coefficient (Wildman–Crippen LogP) is 0.530. The van der Waals surface area contributed by atoms with Crippen LogP contribution in [0.25, 0.3) is 0 Å². The van der Waals surface area contributed by atoms with Crippen LogP contribution < -0.4 is 10.6 Å². The molecule has 18 heavy (non-hydrogen) atoms. The third-order valence-electron chi connectivity index (χ3n) is 3.27. The van der Waals surface area contributed by atoms with Crippen molar-refractivity contribution in [2.75, 3.05) is 53.0 Å². The Morgan fingerprint density at radius 1 is 1.39 bits per heavy atom. The maximum atomic E-state index is 5.02. The van der Waals surface area contributed by atoms with E-state index in [2.05, 4.69) is 34.4 Å². The van der Waals surface area contributed by atoms with Gasteiger partial charge >= 0.3 is 0 Å². The van der Waals surface area contributed by atoms with Crippen LogP contribution in [0.4, 0.5) is 0 Å². The molecule has 1 atom stereocenters. The van der Waals surface area contributed by atoms with Crippen LogP contribution in [-0.4, -0.2) is 63.8 Å². The van der Waals surface area contributed by atoms with Crippen molar-refractivity contribution in [3.63, 3.8) is 0 Å². The average Bonchev–Trinajstić information content (AvgIpc) is 2.84. The molecule has 1 fully saturated rings. The molecule has 1 unspecified atom stereocenters. The Morgan fingerprint density at radius 3 is 2.83 bits per heavy atom. The molecule has 1 aliphatic rings. The highest BCUT2D eigenvalue weighted by atomic mass is 16.5.